The van der Waals surface area contributed by atoms with Gasteiger partial charge in [0.05, 0.1) is 10.2 Å². The number of alkyl halides is 4. The molecule has 0 saturated carbocycles. The van der Waals surface area contributed by atoms with E-state index in [1.165, 1.54) is 0 Å². The lowest BCUT2D eigenvalue weighted by Crippen LogP contribution is -2.33. The lowest BCUT2D eigenvalue weighted by Gasteiger charge is -2.26. The van der Waals surface area contributed by atoms with E-state index in [0.717, 1.165) is 0 Å². The summed E-state index contributed by atoms with van der Waals surface area (Å²) in [5.41, 5.74) is 0. The van der Waals surface area contributed by atoms with Crippen LogP contribution in [-0.2, 0) is 0 Å². The SMILES string of the molecule is ClC1C(Br)C=CC(Br)C1Br. The second-order valence-corrected chi connectivity index (χ2v) is 5.84. The molecule has 0 bridgehead atoms. The summed E-state index contributed by atoms with van der Waals surface area (Å²) in [4.78, 5) is 0.944. The third-order valence-electron chi connectivity index (χ3n) is 1.39. The van der Waals surface area contributed by atoms with Crippen LogP contribution < -0.4 is 0 Å². The Kier molecular flexibility index (Phi) is 3.75. The van der Waals surface area contributed by atoms with Crippen LogP contribution in [0.5, 0.6) is 0 Å². The molecule has 0 radical (unpaired) electrons. The van der Waals surface area contributed by atoms with Gasteiger partial charge >= 0.3 is 0 Å². The Hall–Kier alpha value is 1.47. The standard InChI is InChI=1S/C6H6Br3Cl/c7-3-1-2-4(8)6(10)5(3)9/h1-6H. The largest absolute Gasteiger partial charge is 0.120 e. The number of rotatable bonds is 0. The molecule has 0 aliphatic heterocycles. The van der Waals surface area contributed by atoms with Gasteiger partial charge in [-0.1, -0.05) is 59.9 Å². The molecule has 1 aliphatic carbocycles. The average Bonchev–Trinajstić information content (AvgIpc) is 1.93. The summed E-state index contributed by atoms with van der Waals surface area (Å²) in [5, 5.41) is 0.120. The number of hydrogen-bond donors (Lipinski definition) is 0. The summed E-state index contributed by atoms with van der Waals surface area (Å²) >= 11 is 16.5. The van der Waals surface area contributed by atoms with Gasteiger partial charge in [0.15, 0.2) is 0 Å². The third kappa shape index (κ3) is 1.99. The first-order chi connectivity index (χ1) is 4.63. The normalized spacial score (nSPS) is 47.6. The molecule has 0 saturated heterocycles. The van der Waals surface area contributed by atoms with Crippen LogP contribution >= 0.6 is 59.4 Å². The number of allylic oxidation sites excluding steroid dienone is 2. The molecular formula is C6H6Br3Cl. The molecule has 0 nitrogen and oxygen atoms in total. The predicted octanol–water partition coefficient (Wildman–Crippen LogP) is 3.45. The van der Waals surface area contributed by atoms with Crippen molar-refractivity contribution in [2.45, 2.75) is 19.9 Å². The minimum Gasteiger partial charge on any atom is -0.120 e. The van der Waals surface area contributed by atoms with Gasteiger partial charge in [-0.05, 0) is 0 Å². The van der Waals surface area contributed by atoms with Gasteiger partial charge < -0.3 is 0 Å². The van der Waals surface area contributed by atoms with Crippen molar-refractivity contribution in [3.63, 3.8) is 0 Å². The summed E-state index contributed by atoms with van der Waals surface area (Å²) in [6, 6.07) is 0. The highest BCUT2D eigenvalue weighted by Crippen LogP contribution is 2.32. The van der Waals surface area contributed by atoms with Crippen LogP contribution in [0.1, 0.15) is 0 Å². The molecule has 58 valence electrons. The zero-order chi connectivity index (χ0) is 7.72. The molecule has 0 aromatic rings. The fraction of sp³-hybridized carbons (Fsp3) is 0.667. The maximum atomic E-state index is 6.04. The van der Waals surface area contributed by atoms with Crippen molar-refractivity contribution in [1.82, 2.24) is 0 Å². The second kappa shape index (κ2) is 3.92. The number of hydrogen-bond acceptors (Lipinski definition) is 0. The Bertz CT molecular complexity index is 132. The Labute approximate surface area is 90.8 Å². The van der Waals surface area contributed by atoms with Crippen molar-refractivity contribution >= 4 is 59.4 Å². The van der Waals surface area contributed by atoms with Crippen molar-refractivity contribution in [2.24, 2.45) is 0 Å². The zero-order valence-corrected chi connectivity index (χ0v) is 10.5. The van der Waals surface area contributed by atoms with Crippen LogP contribution in [0.2, 0.25) is 0 Å². The van der Waals surface area contributed by atoms with Crippen LogP contribution in [-0.4, -0.2) is 19.9 Å². The fourth-order valence-corrected chi connectivity index (χ4v) is 3.12. The first-order valence-electron chi connectivity index (χ1n) is 2.87. The van der Waals surface area contributed by atoms with Crippen LogP contribution in [0.25, 0.3) is 0 Å². The first-order valence-corrected chi connectivity index (χ1v) is 6.06. The summed E-state index contributed by atoms with van der Waals surface area (Å²) in [7, 11) is 0. The molecule has 0 N–H and O–H groups in total. The highest BCUT2D eigenvalue weighted by atomic mass is 79.9. The van der Waals surface area contributed by atoms with E-state index in [-0.39, 0.29) is 10.2 Å². The predicted molar refractivity (Wildman–Crippen MR) is 56.9 cm³/mol. The molecule has 0 aromatic heterocycles. The third-order valence-corrected chi connectivity index (χ3v) is 6.14. The summed E-state index contributed by atoms with van der Waals surface area (Å²) in [5.74, 6) is 0. The topological polar surface area (TPSA) is 0 Å². The van der Waals surface area contributed by atoms with E-state index in [4.69, 9.17) is 11.6 Å². The van der Waals surface area contributed by atoms with Crippen molar-refractivity contribution < 1.29 is 0 Å². The molecular weight excluding hydrogens is 347 g/mol. The monoisotopic (exact) mass is 350 g/mol. The highest BCUT2D eigenvalue weighted by molar-refractivity contribution is 9.12. The van der Waals surface area contributed by atoms with Crippen molar-refractivity contribution in [2.75, 3.05) is 0 Å². The summed E-state index contributed by atoms with van der Waals surface area (Å²) < 4.78 is 0. The van der Waals surface area contributed by atoms with Gasteiger partial charge in [-0.3, -0.25) is 0 Å². The van der Waals surface area contributed by atoms with Crippen LogP contribution in [0, 0.1) is 0 Å². The van der Waals surface area contributed by atoms with Gasteiger partial charge in [0.2, 0.25) is 0 Å². The van der Waals surface area contributed by atoms with E-state index in [0.29, 0.717) is 9.65 Å². The van der Waals surface area contributed by atoms with Gasteiger partial charge in [-0.2, -0.15) is 0 Å². The van der Waals surface area contributed by atoms with E-state index < -0.39 is 0 Å². The molecule has 1 rings (SSSR count). The van der Waals surface area contributed by atoms with Crippen molar-refractivity contribution in [3.05, 3.63) is 12.2 Å². The van der Waals surface area contributed by atoms with E-state index in [1.54, 1.807) is 0 Å². The molecule has 4 atom stereocenters. The van der Waals surface area contributed by atoms with Crippen molar-refractivity contribution in [1.29, 1.82) is 0 Å². The van der Waals surface area contributed by atoms with Gasteiger partial charge in [0.25, 0.3) is 0 Å². The van der Waals surface area contributed by atoms with E-state index in [1.807, 2.05) is 0 Å². The average molecular weight is 353 g/mol. The van der Waals surface area contributed by atoms with Gasteiger partial charge in [0, 0.05) is 9.65 Å². The molecule has 4 unspecified atom stereocenters. The quantitative estimate of drug-likeness (QED) is 0.462. The minimum absolute atomic E-state index is 0.120. The molecule has 0 fully saturated rings. The van der Waals surface area contributed by atoms with Crippen LogP contribution in [0.3, 0.4) is 0 Å². The minimum atomic E-state index is 0.120. The Balaban J connectivity index is 2.69. The Morgan fingerprint density at radius 1 is 1.00 bits per heavy atom. The van der Waals surface area contributed by atoms with E-state index in [2.05, 4.69) is 59.9 Å². The van der Waals surface area contributed by atoms with Crippen LogP contribution in [0.4, 0.5) is 0 Å². The second-order valence-electron chi connectivity index (χ2n) is 2.16. The molecule has 0 spiro atoms. The summed E-state index contributed by atoms with van der Waals surface area (Å²) in [6.07, 6.45) is 4.16. The van der Waals surface area contributed by atoms with Gasteiger partial charge in [0.1, 0.15) is 0 Å². The Morgan fingerprint density at radius 2 is 1.50 bits per heavy atom. The molecule has 0 amide bonds. The first kappa shape index (κ1) is 9.56. The lowest BCUT2D eigenvalue weighted by molar-refractivity contribution is 0.805. The van der Waals surface area contributed by atoms with Crippen LogP contribution in [0.15, 0.2) is 12.2 Å². The lowest BCUT2D eigenvalue weighted by atomic mass is 10.1. The van der Waals surface area contributed by atoms with Gasteiger partial charge in [-0.25, -0.2) is 0 Å². The molecule has 0 heterocycles. The Morgan fingerprint density at radius 3 is 2.00 bits per heavy atom. The highest BCUT2D eigenvalue weighted by Gasteiger charge is 2.30. The molecule has 4 heteroatoms. The fourth-order valence-electron chi connectivity index (χ4n) is 0.776. The maximum Gasteiger partial charge on any atom is 0.0635 e. The van der Waals surface area contributed by atoms with E-state index >= 15 is 0 Å². The van der Waals surface area contributed by atoms with Crippen molar-refractivity contribution in [3.8, 4) is 0 Å². The molecule has 10 heavy (non-hydrogen) atoms. The van der Waals surface area contributed by atoms with E-state index in [9.17, 15) is 0 Å². The number of halogens is 4. The molecule has 0 aromatic carbocycles. The smallest absolute Gasteiger partial charge is 0.0635 e. The molecule has 1 aliphatic rings. The maximum absolute atomic E-state index is 6.04. The van der Waals surface area contributed by atoms with Gasteiger partial charge in [-0.15, -0.1) is 11.6 Å². The zero-order valence-electron chi connectivity index (χ0n) is 4.98. The summed E-state index contributed by atoms with van der Waals surface area (Å²) in [6.45, 7) is 0.